The maximum atomic E-state index is 11.3. The van der Waals surface area contributed by atoms with Crippen LogP contribution < -0.4 is 0 Å². The number of hydrogen-bond donors (Lipinski definition) is 0. The van der Waals surface area contributed by atoms with Crippen molar-refractivity contribution in [3.05, 3.63) is 41.6 Å². The molecule has 1 aromatic carbocycles. The van der Waals surface area contributed by atoms with Gasteiger partial charge in [-0.1, -0.05) is 18.2 Å². The van der Waals surface area contributed by atoms with Crippen molar-refractivity contribution in [2.75, 3.05) is 0 Å². The molecule has 0 radical (unpaired) electrons. The lowest BCUT2D eigenvalue weighted by Crippen LogP contribution is -1.94. The molecule has 1 heterocycles. The van der Waals surface area contributed by atoms with Gasteiger partial charge in [-0.15, -0.1) is 0 Å². The molecule has 2 heteroatoms. The Kier molecular flexibility index (Phi) is 2.04. The first-order valence-electron chi connectivity index (χ1n) is 4.56. The Morgan fingerprint density at radius 2 is 2.00 bits per heavy atom. The summed E-state index contributed by atoms with van der Waals surface area (Å²) in [4.78, 5) is 15.7. The number of aryl methyl sites for hydroxylation is 1. The minimum absolute atomic E-state index is 0.0845. The van der Waals surface area contributed by atoms with Gasteiger partial charge in [-0.2, -0.15) is 0 Å². The Hall–Kier alpha value is -1.70. The molecule has 0 fully saturated rings. The van der Waals surface area contributed by atoms with E-state index in [0.717, 1.165) is 22.2 Å². The summed E-state index contributed by atoms with van der Waals surface area (Å²) in [5.41, 5.74) is 2.60. The minimum atomic E-state index is 0.0845. The van der Waals surface area contributed by atoms with E-state index in [2.05, 4.69) is 4.98 Å². The number of Topliss-reactive ketones (excluding diaryl/α,β-unsaturated/α-hetero) is 1. The monoisotopic (exact) mass is 185 g/mol. The number of hydrogen-bond acceptors (Lipinski definition) is 2. The minimum Gasteiger partial charge on any atom is -0.294 e. The van der Waals surface area contributed by atoms with E-state index in [1.807, 2.05) is 37.3 Å². The van der Waals surface area contributed by atoms with Crippen LogP contribution in [0.15, 0.2) is 30.3 Å². The average Bonchev–Trinajstić information content (AvgIpc) is 2.16. The van der Waals surface area contributed by atoms with Crippen LogP contribution in [0.2, 0.25) is 0 Å². The van der Waals surface area contributed by atoms with Crippen molar-refractivity contribution >= 4 is 16.7 Å². The Bertz CT molecular complexity index is 503. The molecule has 14 heavy (non-hydrogen) atoms. The van der Waals surface area contributed by atoms with Gasteiger partial charge in [-0.25, -0.2) is 0 Å². The molecule has 0 amide bonds. The van der Waals surface area contributed by atoms with Gasteiger partial charge in [0.1, 0.15) is 0 Å². The number of nitrogens with zero attached hydrogens (tertiary/aromatic N) is 1. The van der Waals surface area contributed by atoms with E-state index in [1.165, 1.54) is 0 Å². The van der Waals surface area contributed by atoms with E-state index in [9.17, 15) is 4.79 Å². The zero-order chi connectivity index (χ0) is 10.1. The van der Waals surface area contributed by atoms with Crippen LogP contribution in [0, 0.1) is 6.92 Å². The van der Waals surface area contributed by atoms with E-state index < -0.39 is 0 Å². The smallest absolute Gasteiger partial charge is 0.160 e. The summed E-state index contributed by atoms with van der Waals surface area (Å²) >= 11 is 0. The summed E-state index contributed by atoms with van der Waals surface area (Å²) in [7, 11) is 0. The van der Waals surface area contributed by atoms with Gasteiger partial charge in [0.15, 0.2) is 5.78 Å². The van der Waals surface area contributed by atoms with Crippen molar-refractivity contribution in [2.24, 2.45) is 0 Å². The summed E-state index contributed by atoms with van der Waals surface area (Å²) in [6.07, 6.45) is 0. The summed E-state index contributed by atoms with van der Waals surface area (Å²) in [5, 5.41) is 0.936. The summed E-state index contributed by atoms with van der Waals surface area (Å²) in [6, 6.07) is 9.51. The highest BCUT2D eigenvalue weighted by molar-refractivity contribution is 6.06. The Morgan fingerprint density at radius 1 is 1.21 bits per heavy atom. The van der Waals surface area contributed by atoms with E-state index >= 15 is 0 Å². The predicted octanol–water partition coefficient (Wildman–Crippen LogP) is 2.75. The van der Waals surface area contributed by atoms with Crippen LogP contribution in [-0.4, -0.2) is 10.8 Å². The molecule has 0 aliphatic rings. The quantitative estimate of drug-likeness (QED) is 0.639. The third-order valence-electron chi connectivity index (χ3n) is 2.25. The molecule has 0 spiro atoms. The van der Waals surface area contributed by atoms with Gasteiger partial charge < -0.3 is 0 Å². The third-order valence-corrected chi connectivity index (χ3v) is 2.25. The van der Waals surface area contributed by atoms with Crippen molar-refractivity contribution in [3.8, 4) is 0 Å². The van der Waals surface area contributed by atoms with Crippen molar-refractivity contribution in [1.29, 1.82) is 0 Å². The first kappa shape index (κ1) is 8.88. The van der Waals surface area contributed by atoms with Crippen LogP contribution in [0.5, 0.6) is 0 Å². The van der Waals surface area contributed by atoms with Gasteiger partial charge in [0, 0.05) is 16.6 Å². The molecule has 70 valence electrons. The van der Waals surface area contributed by atoms with Crippen molar-refractivity contribution in [2.45, 2.75) is 13.8 Å². The van der Waals surface area contributed by atoms with Gasteiger partial charge in [-0.05, 0) is 26.0 Å². The van der Waals surface area contributed by atoms with E-state index in [4.69, 9.17) is 0 Å². The Balaban J connectivity index is 2.81. The molecule has 2 nitrogen and oxygen atoms in total. The van der Waals surface area contributed by atoms with Crippen LogP contribution in [0.1, 0.15) is 23.0 Å². The second-order valence-electron chi connectivity index (χ2n) is 3.38. The van der Waals surface area contributed by atoms with Crippen molar-refractivity contribution < 1.29 is 4.79 Å². The van der Waals surface area contributed by atoms with Crippen molar-refractivity contribution in [3.63, 3.8) is 0 Å². The molecule has 2 aromatic rings. The summed E-state index contributed by atoms with van der Waals surface area (Å²) < 4.78 is 0. The Morgan fingerprint density at radius 3 is 2.71 bits per heavy atom. The highest BCUT2D eigenvalue weighted by Crippen LogP contribution is 2.17. The lowest BCUT2D eigenvalue weighted by Gasteiger charge is -2.02. The topological polar surface area (TPSA) is 30.0 Å². The summed E-state index contributed by atoms with van der Waals surface area (Å²) in [5.74, 6) is 0.0845. The van der Waals surface area contributed by atoms with Crippen LogP contribution in [0.3, 0.4) is 0 Å². The highest BCUT2D eigenvalue weighted by Gasteiger charge is 2.05. The number of ketones is 1. The number of carbonyl (C=O) groups is 1. The predicted molar refractivity (Wildman–Crippen MR) is 56.5 cm³/mol. The second kappa shape index (κ2) is 3.22. The number of benzene rings is 1. The zero-order valence-corrected chi connectivity index (χ0v) is 8.24. The second-order valence-corrected chi connectivity index (χ2v) is 3.38. The largest absolute Gasteiger partial charge is 0.294 e. The number of aromatic nitrogens is 1. The molecule has 0 saturated heterocycles. The maximum absolute atomic E-state index is 11.3. The Labute approximate surface area is 82.6 Å². The van der Waals surface area contributed by atoms with Crippen LogP contribution in [0.25, 0.3) is 10.9 Å². The molecule has 0 atom stereocenters. The molecular weight excluding hydrogens is 174 g/mol. The van der Waals surface area contributed by atoms with E-state index in [-0.39, 0.29) is 5.78 Å². The number of rotatable bonds is 1. The zero-order valence-electron chi connectivity index (χ0n) is 8.24. The number of carbonyl (C=O) groups excluding carboxylic acids is 1. The molecule has 0 aliphatic heterocycles. The van der Waals surface area contributed by atoms with Gasteiger partial charge >= 0.3 is 0 Å². The molecule has 0 N–H and O–H groups in total. The van der Waals surface area contributed by atoms with Crippen LogP contribution >= 0.6 is 0 Å². The normalized spacial score (nSPS) is 10.4. The van der Waals surface area contributed by atoms with Gasteiger partial charge in [0.25, 0.3) is 0 Å². The lowest BCUT2D eigenvalue weighted by atomic mass is 10.1. The standard InChI is InChI=1S/C12H11NO/c1-8-6-7-11-10(9(2)14)4-3-5-12(11)13-8/h3-7H,1-2H3. The highest BCUT2D eigenvalue weighted by atomic mass is 16.1. The fourth-order valence-electron chi connectivity index (χ4n) is 1.56. The maximum Gasteiger partial charge on any atom is 0.160 e. The van der Waals surface area contributed by atoms with Crippen LogP contribution in [0.4, 0.5) is 0 Å². The lowest BCUT2D eigenvalue weighted by molar-refractivity contribution is 0.101. The van der Waals surface area contributed by atoms with Crippen LogP contribution in [-0.2, 0) is 0 Å². The number of pyridine rings is 1. The molecule has 0 aliphatic carbocycles. The number of fused-ring (bicyclic) bond motifs is 1. The first-order valence-corrected chi connectivity index (χ1v) is 4.56. The molecule has 0 saturated carbocycles. The SMILES string of the molecule is CC(=O)c1cccc2nc(C)ccc12. The van der Waals surface area contributed by atoms with Gasteiger partial charge in [0.05, 0.1) is 5.52 Å². The average molecular weight is 185 g/mol. The molecule has 0 unspecified atom stereocenters. The van der Waals surface area contributed by atoms with Gasteiger partial charge in [-0.3, -0.25) is 9.78 Å². The fourth-order valence-corrected chi connectivity index (χ4v) is 1.56. The van der Waals surface area contributed by atoms with Gasteiger partial charge in [0.2, 0.25) is 0 Å². The summed E-state index contributed by atoms with van der Waals surface area (Å²) in [6.45, 7) is 3.52. The third kappa shape index (κ3) is 1.39. The van der Waals surface area contributed by atoms with E-state index in [0.29, 0.717) is 0 Å². The molecule has 0 bridgehead atoms. The molecule has 2 rings (SSSR count). The van der Waals surface area contributed by atoms with Crippen molar-refractivity contribution in [1.82, 2.24) is 4.98 Å². The van der Waals surface area contributed by atoms with E-state index in [1.54, 1.807) is 6.92 Å². The molecular formula is C12H11NO. The fraction of sp³-hybridized carbons (Fsp3) is 0.167. The first-order chi connectivity index (χ1) is 6.68. The molecule has 1 aromatic heterocycles.